The summed E-state index contributed by atoms with van der Waals surface area (Å²) in [6.45, 7) is 6.47. The number of hydrogen-bond acceptors (Lipinski definition) is 4. The van der Waals surface area contributed by atoms with Gasteiger partial charge in [-0.2, -0.15) is 0 Å². The lowest BCUT2D eigenvalue weighted by atomic mass is 9.99. The Labute approximate surface area is 186 Å². The van der Waals surface area contributed by atoms with Crippen molar-refractivity contribution in [1.82, 2.24) is 5.32 Å². The largest absolute Gasteiger partial charge is 0.497 e. The highest BCUT2D eigenvalue weighted by atomic mass is 32.2. The molecule has 2 aromatic rings. The fourth-order valence-corrected chi connectivity index (χ4v) is 4.71. The molecule has 0 spiro atoms. The minimum atomic E-state index is -3.93. The molecule has 1 N–H and O–H groups in total. The van der Waals surface area contributed by atoms with Crippen LogP contribution in [0, 0.1) is 12.8 Å². The third kappa shape index (κ3) is 6.99. The number of methoxy groups -OCH3 is 1. The normalized spacial score (nSPS) is 12.3. The number of ether oxygens (including phenoxy) is 1. The van der Waals surface area contributed by atoms with E-state index in [9.17, 15) is 13.2 Å². The van der Waals surface area contributed by atoms with E-state index in [2.05, 4.69) is 19.2 Å². The molecule has 0 radical (unpaired) electrons. The van der Waals surface area contributed by atoms with Gasteiger partial charge in [0, 0.05) is 6.54 Å². The smallest absolute Gasteiger partial charge is 0.264 e. The van der Waals surface area contributed by atoms with Gasteiger partial charge in [0.1, 0.15) is 12.3 Å². The van der Waals surface area contributed by atoms with Crippen molar-refractivity contribution in [3.63, 3.8) is 0 Å². The molecular formula is C24H34N2O4S. The van der Waals surface area contributed by atoms with E-state index in [0.29, 0.717) is 23.9 Å². The Morgan fingerprint density at radius 2 is 1.71 bits per heavy atom. The van der Waals surface area contributed by atoms with Crippen molar-refractivity contribution in [2.24, 2.45) is 5.92 Å². The second-order valence-corrected chi connectivity index (χ2v) is 9.61. The summed E-state index contributed by atoms with van der Waals surface area (Å²) in [6.07, 6.45) is 4.27. The summed E-state index contributed by atoms with van der Waals surface area (Å²) in [5.74, 6) is 0.652. The zero-order valence-corrected chi connectivity index (χ0v) is 19.7. The Morgan fingerprint density at radius 3 is 2.26 bits per heavy atom. The summed E-state index contributed by atoms with van der Waals surface area (Å²) in [4.78, 5) is 12.8. The van der Waals surface area contributed by atoms with Crippen LogP contribution in [-0.4, -0.2) is 34.5 Å². The number of nitrogens with zero attached hydrogens (tertiary/aromatic N) is 1. The van der Waals surface area contributed by atoms with Gasteiger partial charge in [-0.05, 0) is 55.7 Å². The van der Waals surface area contributed by atoms with Crippen molar-refractivity contribution in [2.75, 3.05) is 24.5 Å². The molecule has 0 heterocycles. The van der Waals surface area contributed by atoms with Crippen LogP contribution in [0.5, 0.6) is 5.75 Å². The number of benzene rings is 2. The van der Waals surface area contributed by atoms with Crippen molar-refractivity contribution < 1.29 is 17.9 Å². The average Bonchev–Trinajstić information content (AvgIpc) is 2.78. The molecule has 0 aliphatic rings. The molecule has 0 aliphatic carbocycles. The van der Waals surface area contributed by atoms with Crippen LogP contribution in [0.15, 0.2) is 53.4 Å². The number of unbranched alkanes of at least 4 members (excludes halogenated alkanes) is 1. The van der Waals surface area contributed by atoms with Gasteiger partial charge in [0.25, 0.3) is 10.0 Å². The van der Waals surface area contributed by atoms with Crippen LogP contribution in [0.2, 0.25) is 0 Å². The van der Waals surface area contributed by atoms with Crippen LogP contribution in [0.1, 0.15) is 45.1 Å². The quantitative estimate of drug-likeness (QED) is 0.520. The third-order valence-corrected chi connectivity index (χ3v) is 7.18. The molecule has 0 fully saturated rings. The van der Waals surface area contributed by atoms with Crippen LogP contribution >= 0.6 is 0 Å². The molecule has 0 saturated carbocycles. The maximum absolute atomic E-state index is 13.4. The molecule has 0 saturated heterocycles. The fraction of sp³-hybridized carbons (Fsp3) is 0.458. The van der Waals surface area contributed by atoms with Crippen LogP contribution in [0.3, 0.4) is 0 Å². The van der Waals surface area contributed by atoms with Crippen molar-refractivity contribution >= 4 is 21.6 Å². The zero-order valence-electron chi connectivity index (χ0n) is 18.9. The summed E-state index contributed by atoms with van der Waals surface area (Å²) in [7, 11) is -2.40. The molecule has 2 aromatic carbocycles. The number of hydrogen-bond donors (Lipinski definition) is 1. The molecule has 0 aromatic heterocycles. The topological polar surface area (TPSA) is 75.7 Å². The van der Waals surface area contributed by atoms with Gasteiger partial charge in [0.15, 0.2) is 0 Å². The predicted octanol–water partition coefficient (Wildman–Crippen LogP) is 4.53. The van der Waals surface area contributed by atoms with Crippen molar-refractivity contribution in [1.29, 1.82) is 0 Å². The zero-order chi connectivity index (χ0) is 22.9. The van der Waals surface area contributed by atoms with E-state index >= 15 is 0 Å². The van der Waals surface area contributed by atoms with E-state index in [1.54, 1.807) is 24.3 Å². The van der Waals surface area contributed by atoms with Gasteiger partial charge in [0.05, 0.1) is 17.7 Å². The summed E-state index contributed by atoms with van der Waals surface area (Å²) in [6, 6.07) is 13.3. The molecule has 6 nitrogen and oxygen atoms in total. The number of rotatable bonds is 12. The molecule has 31 heavy (non-hydrogen) atoms. The summed E-state index contributed by atoms with van der Waals surface area (Å²) in [5.41, 5.74) is 1.46. The van der Waals surface area contributed by atoms with E-state index in [1.165, 1.54) is 19.2 Å². The number of carbonyl (C=O) groups is 1. The molecule has 170 valence electrons. The fourth-order valence-electron chi connectivity index (χ4n) is 3.29. The number of sulfonamides is 1. The average molecular weight is 447 g/mol. The monoisotopic (exact) mass is 446 g/mol. The lowest BCUT2D eigenvalue weighted by molar-refractivity contribution is -0.119. The minimum absolute atomic E-state index is 0.107. The number of carbonyl (C=O) groups excluding carboxylic acids is 1. The maximum Gasteiger partial charge on any atom is 0.264 e. The molecular weight excluding hydrogens is 412 g/mol. The second kappa shape index (κ2) is 11.7. The number of anilines is 1. The van der Waals surface area contributed by atoms with Crippen LogP contribution < -0.4 is 14.4 Å². The third-order valence-electron chi connectivity index (χ3n) is 5.39. The molecule has 7 heteroatoms. The molecule has 1 unspecified atom stereocenters. The van der Waals surface area contributed by atoms with Crippen molar-refractivity contribution in [3.05, 3.63) is 54.1 Å². The van der Waals surface area contributed by atoms with Crippen LogP contribution in [0.25, 0.3) is 0 Å². The van der Waals surface area contributed by atoms with E-state index in [1.807, 2.05) is 19.1 Å². The van der Waals surface area contributed by atoms with E-state index in [4.69, 9.17) is 4.74 Å². The minimum Gasteiger partial charge on any atom is -0.497 e. The number of aryl methyl sites for hydroxylation is 1. The van der Waals surface area contributed by atoms with Gasteiger partial charge in [-0.25, -0.2) is 8.42 Å². The van der Waals surface area contributed by atoms with Crippen molar-refractivity contribution in [2.45, 2.75) is 51.3 Å². The van der Waals surface area contributed by atoms with Gasteiger partial charge >= 0.3 is 0 Å². The first-order valence-electron chi connectivity index (χ1n) is 10.8. The van der Waals surface area contributed by atoms with Gasteiger partial charge in [0.2, 0.25) is 5.91 Å². The Hall–Kier alpha value is -2.54. The van der Waals surface area contributed by atoms with E-state index in [-0.39, 0.29) is 17.3 Å². The highest BCUT2D eigenvalue weighted by molar-refractivity contribution is 7.92. The standard InChI is InChI=1S/C24H34N2O4S/c1-5-7-8-20(6-2)17-25-24(27)18-26(21-11-9-19(3)10-12-21)31(28,29)23-15-13-22(30-4)14-16-23/h9-16,20H,5-8,17-18H2,1-4H3,(H,25,27). The molecule has 2 rings (SSSR count). The lowest BCUT2D eigenvalue weighted by Gasteiger charge is -2.25. The first kappa shape index (κ1) is 24.7. The second-order valence-electron chi connectivity index (χ2n) is 7.74. The van der Waals surface area contributed by atoms with Gasteiger partial charge in [-0.15, -0.1) is 0 Å². The maximum atomic E-state index is 13.4. The molecule has 0 aliphatic heterocycles. The summed E-state index contributed by atoms with van der Waals surface area (Å²) < 4.78 is 33.1. The first-order valence-corrected chi connectivity index (χ1v) is 12.3. The van der Waals surface area contributed by atoms with Crippen molar-refractivity contribution in [3.8, 4) is 5.75 Å². The number of nitrogens with one attached hydrogen (secondary N) is 1. The SMILES string of the molecule is CCCCC(CC)CNC(=O)CN(c1ccc(C)cc1)S(=O)(=O)c1ccc(OC)cc1. The highest BCUT2D eigenvalue weighted by Crippen LogP contribution is 2.25. The van der Waals surface area contributed by atoms with E-state index in [0.717, 1.165) is 35.6 Å². The Morgan fingerprint density at radius 1 is 1.06 bits per heavy atom. The van der Waals surface area contributed by atoms with Crippen LogP contribution in [-0.2, 0) is 14.8 Å². The summed E-state index contributed by atoms with van der Waals surface area (Å²) in [5, 5.41) is 2.93. The molecule has 0 bridgehead atoms. The Kier molecular flexibility index (Phi) is 9.37. The van der Waals surface area contributed by atoms with E-state index < -0.39 is 10.0 Å². The number of amides is 1. The van der Waals surface area contributed by atoms with Gasteiger partial charge < -0.3 is 10.1 Å². The Bertz CT molecular complexity index is 925. The molecule has 1 amide bonds. The summed E-state index contributed by atoms with van der Waals surface area (Å²) >= 11 is 0. The molecule has 1 atom stereocenters. The van der Waals surface area contributed by atoms with Gasteiger partial charge in [-0.1, -0.05) is 50.8 Å². The van der Waals surface area contributed by atoms with Gasteiger partial charge in [-0.3, -0.25) is 9.10 Å². The Balaban J connectivity index is 2.24. The predicted molar refractivity (Wildman–Crippen MR) is 125 cm³/mol. The first-order chi connectivity index (χ1) is 14.8. The lowest BCUT2D eigenvalue weighted by Crippen LogP contribution is -2.42. The van der Waals surface area contributed by atoms with Crippen LogP contribution in [0.4, 0.5) is 5.69 Å². The highest BCUT2D eigenvalue weighted by Gasteiger charge is 2.27.